The zero-order valence-corrected chi connectivity index (χ0v) is 9.39. The fourth-order valence-corrected chi connectivity index (χ4v) is 2.05. The van der Waals surface area contributed by atoms with E-state index >= 15 is 0 Å². The van der Waals surface area contributed by atoms with E-state index in [2.05, 4.69) is 40.5 Å². The molecule has 0 aromatic rings. The molecule has 0 radical (unpaired) electrons. The zero-order chi connectivity index (χ0) is 9.68. The first kappa shape index (κ1) is 10.7. The summed E-state index contributed by atoms with van der Waals surface area (Å²) >= 11 is 3.56. The molecule has 2 unspecified atom stereocenters. The number of hydrogen-bond acceptors (Lipinski definition) is 1. The number of nitrogens with one attached hydrogen (secondary N) is 1. The third-order valence-electron chi connectivity index (χ3n) is 2.22. The third kappa shape index (κ3) is 3.12. The first-order valence-corrected chi connectivity index (χ1v) is 5.40. The molecular formula is C11H16BrN. The molecule has 1 rings (SSSR count). The van der Waals surface area contributed by atoms with E-state index < -0.39 is 0 Å². The molecule has 2 atom stereocenters. The SMILES string of the molecule is C=CCC1CC=C(Br)C(CC=C)N1. The summed E-state index contributed by atoms with van der Waals surface area (Å²) in [6.07, 6.45) is 9.26. The predicted octanol–water partition coefficient (Wildman–Crippen LogP) is 3.15. The van der Waals surface area contributed by atoms with E-state index in [0.29, 0.717) is 12.1 Å². The normalized spacial score (nSPS) is 27.9. The molecule has 0 bridgehead atoms. The van der Waals surface area contributed by atoms with Gasteiger partial charge in [-0.25, -0.2) is 0 Å². The average Bonchev–Trinajstić information content (AvgIpc) is 2.12. The molecule has 2 heteroatoms. The Morgan fingerprint density at radius 1 is 1.46 bits per heavy atom. The first-order valence-electron chi connectivity index (χ1n) is 4.61. The van der Waals surface area contributed by atoms with Crippen molar-refractivity contribution < 1.29 is 0 Å². The average molecular weight is 242 g/mol. The molecule has 1 aliphatic heterocycles. The molecule has 1 nitrogen and oxygen atoms in total. The van der Waals surface area contributed by atoms with Gasteiger partial charge in [0.1, 0.15) is 0 Å². The van der Waals surface area contributed by atoms with E-state index in [1.807, 2.05) is 12.2 Å². The van der Waals surface area contributed by atoms with Crippen molar-refractivity contribution in [3.63, 3.8) is 0 Å². The first-order chi connectivity index (χ1) is 6.27. The Kier molecular flexibility index (Phi) is 4.46. The van der Waals surface area contributed by atoms with Crippen LogP contribution in [0.4, 0.5) is 0 Å². The van der Waals surface area contributed by atoms with Crippen molar-refractivity contribution in [3.8, 4) is 0 Å². The Morgan fingerprint density at radius 2 is 2.15 bits per heavy atom. The van der Waals surface area contributed by atoms with Gasteiger partial charge in [-0.15, -0.1) is 13.2 Å². The fraction of sp³-hybridized carbons (Fsp3) is 0.455. The van der Waals surface area contributed by atoms with Gasteiger partial charge in [-0.05, 0) is 19.3 Å². The minimum Gasteiger partial charge on any atom is -0.306 e. The highest BCUT2D eigenvalue weighted by Crippen LogP contribution is 2.22. The van der Waals surface area contributed by atoms with E-state index in [0.717, 1.165) is 19.3 Å². The van der Waals surface area contributed by atoms with E-state index in [-0.39, 0.29) is 0 Å². The van der Waals surface area contributed by atoms with Gasteiger partial charge < -0.3 is 5.32 Å². The van der Waals surface area contributed by atoms with Crippen LogP contribution in [0.3, 0.4) is 0 Å². The van der Waals surface area contributed by atoms with Crippen LogP contribution in [-0.2, 0) is 0 Å². The Balaban J connectivity index is 2.54. The van der Waals surface area contributed by atoms with E-state index in [1.165, 1.54) is 4.48 Å². The maximum Gasteiger partial charge on any atom is 0.0420 e. The minimum atomic E-state index is 0.413. The summed E-state index contributed by atoms with van der Waals surface area (Å²) in [5, 5.41) is 3.55. The van der Waals surface area contributed by atoms with Crippen LogP contribution in [0.2, 0.25) is 0 Å². The third-order valence-corrected chi connectivity index (χ3v) is 3.10. The quantitative estimate of drug-likeness (QED) is 0.747. The zero-order valence-electron chi connectivity index (χ0n) is 7.80. The summed E-state index contributed by atoms with van der Waals surface area (Å²) in [4.78, 5) is 0. The number of rotatable bonds is 4. The second-order valence-corrected chi connectivity index (χ2v) is 4.21. The lowest BCUT2D eigenvalue weighted by Gasteiger charge is -2.28. The minimum absolute atomic E-state index is 0.413. The second kappa shape index (κ2) is 5.40. The highest BCUT2D eigenvalue weighted by molar-refractivity contribution is 9.11. The number of halogens is 1. The van der Waals surface area contributed by atoms with Crippen molar-refractivity contribution >= 4 is 15.9 Å². The summed E-state index contributed by atoms with van der Waals surface area (Å²) in [6.45, 7) is 7.50. The lowest BCUT2D eigenvalue weighted by molar-refractivity contribution is 0.452. The second-order valence-electron chi connectivity index (χ2n) is 3.29. The summed E-state index contributed by atoms with van der Waals surface area (Å²) in [5.74, 6) is 0. The van der Waals surface area contributed by atoms with Crippen LogP contribution in [0.25, 0.3) is 0 Å². The number of hydrogen-bond donors (Lipinski definition) is 1. The topological polar surface area (TPSA) is 12.0 Å². The molecule has 0 fully saturated rings. The summed E-state index contributed by atoms with van der Waals surface area (Å²) in [5.41, 5.74) is 0. The Hall–Kier alpha value is -0.340. The molecular weight excluding hydrogens is 226 g/mol. The van der Waals surface area contributed by atoms with Gasteiger partial charge in [0.25, 0.3) is 0 Å². The lowest BCUT2D eigenvalue weighted by Crippen LogP contribution is -2.40. The van der Waals surface area contributed by atoms with Crippen LogP contribution < -0.4 is 5.32 Å². The molecule has 0 aromatic heterocycles. The Bertz CT molecular complexity index is 220. The van der Waals surface area contributed by atoms with Crippen LogP contribution in [0.5, 0.6) is 0 Å². The molecule has 1 aliphatic rings. The summed E-state index contributed by atoms with van der Waals surface area (Å²) < 4.78 is 1.26. The summed E-state index contributed by atoms with van der Waals surface area (Å²) in [7, 11) is 0. The molecule has 0 saturated heterocycles. The smallest absolute Gasteiger partial charge is 0.0420 e. The van der Waals surface area contributed by atoms with Gasteiger partial charge in [0.15, 0.2) is 0 Å². The fourth-order valence-electron chi connectivity index (χ4n) is 1.54. The largest absolute Gasteiger partial charge is 0.306 e. The van der Waals surface area contributed by atoms with Gasteiger partial charge in [-0.1, -0.05) is 34.2 Å². The van der Waals surface area contributed by atoms with Crippen molar-refractivity contribution in [3.05, 3.63) is 35.9 Å². The molecule has 13 heavy (non-hydrogen) atoms. The van der Waals surface area contributed by atoms with Gasteiger partial charge in [0.2, 0.25) is 0 Å². The van der Waals surface area contributed by atoms with Gasteiger partial charge >= 0.3 is 0 Å². The van der Waals surface area contributed by atoms with Crippen LogP contribution in [0, 0.1) is 0 Å². The molecule has 0 aliphatic carbocycles. The molecule has 0 amide bonds. The molecule has 1 N–H and O–H groups in total. The van der Waals surface area contributed by atoms with Crippen LogP contribution >= 0.6 is 15.9 Å². The van der Waals surface area contributed by atoms with Crippen LogP contribution in [-0.4, -0.2) is 12.1 Å². The Labute approximate surface area is 88.7 Å². The standard InChI is InChI=1S/C11H16BrN/c1-3-5-9-7-8-10(12)11(13-9)6-4-2/h3-4,8-9,11,13H,1-2,5-7H2. The molecule has 0 saturated carbocycles. The maximum atomic E-state index is 3.75. The van der Waals surface area contributed by atoms with Crippen LogP contribution in [0.1, 0.15) is 19.3 Å². The van der Waals surface area contributed by atoms with Crippen molar-refractivity contribution in [2.75, 3.05) is 0 Å². The van der Waals surface area contributed by atoms with Crippen molar-refractivity contribution in [1.29, 1.82) is 0 Å². The van der Waals surface area contributed by atoms with E-state index in [1.54, 1.807) is 0 Å². The van der Waals surface area contributed by atoms with Gasteiger partial charge in [0, 0.05) is 16.6 Å². The summed E-state index contributed by atoms with van der Waals surface area (Å²) in [6, 6.07) is 0.958. The van der Waals surface area contributed by atoms with Crippen molar-refractivity contribution in [2.45, 2.75) is 31.3 Å². The molecule has 0 aromatic carbocycles. The molecule has 72 valence electrons. The molecule has 0 spiro atoms. The van der Waals surface area contributed by atoms with Crippen molar-refractivity contribution in [2.24, 2.45) is 0 Å². The maximum absolute atomic E-state index is 3.75. The van der Waals surface area contributed by atoms with Gasteiger partial charge in [-0.3, -0.25) is 0 Å². The van der Waals surface area contributed by atoms with E-state index in [9.17, 15) is 0 Å². The van der Waals surface area contributed by atoms with Crippen LogP contribution in [0.15, 0.2) is 35.9 Å². The monoisotopic (exact) mass is 241 g/mol. The Morgan fingerprint density at radius 3 is 2.77 bits per heavy atom. The highest BCUT2D eigenvalue weighted by atomic mass is 79.9. The van der Waals surface area contributed by atoms with Crippen molar-refractivity contribution in [1.82, 2.24) is 5.32 Å². The molecule has 1 heterocycles. The highest BCUT2D eigenvalue weighted by Gasteiger charge is 2.19. The van der Waals surface area contributed by atoms with Gasteiger partial charge in [0.05, 0.1) is 0 Å². The predicted molar refractivity (Wildman–Crippen MR) is 62.0 cm³/mol. The van der Waals surface area contributed by atoms with Gasteiger partial charge in [-0.2, -0.15) is 0 Å². The lowest BCUT2D eigenvalue weighted by atomic mass is 10.0. The van der Waals surface area contributed by atoms with E-state index in [4.69, 9.17) is 0 Å².